The second kappa shape index (κ2) is 5.53. The number of rotatable bonds is 4. The van der Waals surface area contributed by atoms with Gasteiger partial charge in [0.15, 0.2) is 0 Å². The Morgan fingerprint density at radius 2 is 2.15 bits per heavy atom. The van der Waals surface area contributed by atoms with Gasteiger partial charge in [-0.3, -0.25) is 4.79 Å². The molecular weight excluding hydrogens is 258 g/mol. The second-order valence-electron chi connectivity index (χ2n) is 5.20. The predicted molar refractivity (Wildman–Crippen MR) is 73.7 cm³/mol. The van der Waals surface area contributed by atoms with Gasteiger partial charge in [-0.25, -0.2) is 4.79 Å². The van der Waals surface area contributed by atoms with Crippen molar-refractivity contribution in [1.82, 2.24) is 4.90 Å². The van der Waals surface area contributed by atoms with Crippen molar-refractivity contribution < 1.29 is 19.8 Å². The van der Waals surface area contributed by atoms with Crippen molar-refractivity contribution in [3.63, 3.8) is 0 Å². The molecule has 2 rings (SSSR count). The summed E-state index contributed by atoms with van der Waals surface area (Å²) in [4.78, 5) is 25.7. The van der Waals surface area contributed by atoms with Crippen molar-refractivity contribution in [3.05, 3.63) is 29.8 Å². The van der Waals surface area contributed by atoms with E-state index in [4.69, 9.17) is 0 Å². The normalized spacial score (nSPS) is 21.9. The molecule has 0 aliphatic carbocycles. The molecular formula is C15H19NO4. The van der Waals surface area contributed by atoms with Crippen molar-refractivity contribution in [2.45, 2.75) is 38.1 Å². The van der Waals surface area contributed by atoms with Gasteiger partial charge in [-0.1, -0.05) is 19.4 Å². The first kappa shape index (κ1) is 14.4. The van der Waals surface area contributed by atoms with Gasteiger partial charge in [-0.05, 0) is 37.5 Å². The number of aromatic hydroxyl groups is 1. The maximum atomic E-state index is 12.5. The Morgan fingerprint density at radius 1 is 1.40 bits per heavy atom. The van der Waals surface area contributed by atoms with Gasteiger partial charge in [0, 0.05) is 12.1 Å². The number of phenols is 1. The van der Waals surface area contributed by atoms with E-state index in [1.807, 2.05) is 6.92 Å². The number of likely N-dealkylation sites (tertiary alicyclic amines) is 1. The fraction of sp³-hybridized carbons (Fsp3) is 0.467. The maximum absolute atomic E-state index is 12.5. The topological polar surface area (TPSA) is 77.8 Å². The van der Waals surface area contributed by atoms with Gasteiger partial charge in [0.1, 0.15) is 11.3 Å². The van der Waals surface area contributed by atoms with Crippen LogP contribution in [-0.4, -0.2) is 39.1 Å². The highest BCUT2D eigenvalue weighted by Gasteiger charge is 2.49. The van der Waals surface area contributed by atoms with Crippen LogP contribution in [0.25, 0.3) is 0 Å². The molecule has 1 fully saturated rings. The molecule has 5 heteroatoms. The molecule has 108 valence electrons. The first-order valence-corrected chi connectivity index (χ1v) is 6.85. The number of aliphatic carboxylic acids is 1. The Labute approximate surface area is 117 Å². The quantitative estimate of drug-likeness (QED) is 0.884. The van der Waals surface area contributed by atoms with E-state index >= 15 is 0 Å². The summed E-state index contributed by atoms with van der Waals surface area (Å²) in [5, 5.41) is 19.0. The summed E-state index contributed by atoms with van der Waals surface area (Å²) in [6, 6.07) is 6.04. The van der Waals surface area contributed by atoms with Crippen molar-refractivity contribution >= 4 is 11.9 Å². The molecule has 1 atom stereocenters. The van der Waals surface area contributed by atoms with Gasteiger partial charge in [-0.15, -0.1) is 0 Å². The van der Waals surface area contributed by atoms with Crippen molar-refractivity contribution in [2.24, 2.45) is 0 Å². The number of carbonyl (C=O) groups excluding carboxylic acids is 1. The molecule has 0 saturated carbocycles. The van der Waals surface area contributed by atoms with E-state index < -0.39 is 11.5 Å². The third kappa shape index (κ3) is 2.35. The van der Waals surface area contributed by atoms with Crippen LogP contribution in [0.2, 0.25) is 0 Å². The molecule has 1 heterocycles. The minimum Gasteiger partial charge on any atom is -0.508 e. The lowest BCUT2D eigenvalue weighted by atomic mass is 9.90. The van der Waals surface area contributed by atoms with E-state index in [2.05, 4.69) is 0 Å². The van der Waals surface area contributed by atoms with Crippen LogP contribution in [0.15, 0.2) is 24.3 Å². The number of benzene rings is 1. The van der Waals surface area contributed by atoms with E-state index in [0.717, 1.165) is 0 Å². The van der Waals surface area contributed by atoms with Crippen LogP contribution < -0.4 is 0 Å². The van der Waals surface area contributed by atoms with E-state index in [1.54, 1.807) is 12.1 Å². The molecule has 0 radical (unpaired) electrons. The molecule has 5 nitrogen and oxygen atoms in total. The summed E-state index contributed by atoms with van der Waals surface area (Å²) < 4.78 is 0. The molecule has 0 aromatic heterocycles. The highest BCUT2D eigenvalue weighted by molar-refractivity contribution is 5.98. The number of carbonyl (C=O) groups is 2. The highest BCUT2D eigenvalue weighted by atomic mass is 16.4. The third-order valence-electron chi connectivity index (χ3n) is 3.89. The van der Waals surface area contributed by atoms with E-state index in [-0.39, 0.29) is 11.7 Å². The third-order valence-corrected chi connectivity index (χ3v) is 3.89. The van der Waals surface area contributed by atoms with Crippen molar-refractivity contribution in [1.29, 1.82) is 0 Å². The maximum Gasteiger partial charge on any atom is 0.329 e. The molecule has 1 aromatic carbocycles. The van der Waals surface area contributed by atoms with E-state index in [1.165, 1.54) is 17.0 Å². The van der Waals surface area contributed by atoms with Gasteiger partial charge in [0.25, 0.3) is 5.91 Å². The number of amides is 1. The Balaban J connectivity index is 2.34. The zero-order valence-corrected chi connectivity index (χ0v) is 11.5. The zero-order chi connectivity index (χ0) is 14.8. The average molecular weight is 277 g/mol. The van der Waals surface area contributed by atoms with Gasteiger partial charge in [-0.2, -0.15) is 0 Å². The summed E-state index contributed by atoms with van der Waals surface area (Å²) >= 11 is 0. The van der Waals surface area contributed by atoms with Crippen LogP contribution >= 0.6 is 0 Å². The smallest absolute Gasteiger partial charge is 0.329 e. The lowest BCUT2D eigenvalue weighted by molar-refractivity contribution is -0.148. The Bertz CT molecular complexity index is 528. The lowest BCUT2D eigenvalue weighted by Gasteiger charge is -2.34. The van der Waals surface area contributed by atoms with Crippen LogP contribution in [0, 0.1) is 0 Å². The number of carboxylic acids is 1. The molecule has 1 aliphatic rings. The largest absolute Gasteiger partial charge is 0.508 e. The van der Waals surface area contributed by atoms with Crippen LogP contribution in [0.4, 0.5) is 0 Å². The molecule has 20 heavy (non-hydrogen) atoms. The summed E-state index contributed by atoms with van der Waals surface area (Å²) in [7, 11) is 0. The minimum absolute atomic E-state index is 0.00598. The number of nitrogens with zero attached hydrogens (tertiary/aromatic N) is 1. The lowest BCUT2D eigenvalue weighted by Crippen LogP contribution is -2.53. The first-order valence-electron chi connectivity index (χ1n) is 6.85. The molecule has 1 unspecified atom stereocenters. The highest BCUT2D eigenvalue weighted by Crippen LogP contribution is 2.35. The van der Waals surface area contributed by atoms with Crippen LogP contribution in [-0.2, 0) is 4.79 Å². The molecule has 1 aliphatic heterocycles. The number of carboxylic acid groups (broad SMARTS) is 1. The minimum atomic E-state index is -1.10. The number of phenolic OH excluding ortho intramolecular Hbond substituents is 1. The van der Waals surface area contributed by atoms with Crippen molar-refractivity contribution in [2.75, 3.05) is 6.54 Å². The van der Waals surface area contributed by atoms with Crippen LogP contribution in [0.5, 0.6) is 5.75 Å². The van der Waals surface area contributed by atoms with Crippen molar-refractivity contribution in [3.8, 4) is 5.75 Å². The molecule has 0 spiro atoms. The Hall–Kier alpha value is -2.04. The molecule has 1 amide bonds. The van der Waals surface area contributed by atoms with Crippen LogP contribution in [0.1, 0.15) is 43.0 Å². The number of hydrogen-bond acceptors (Lipinski definition) is 3. The van der Waals surface area contributed by atoms with Gasteiger partial charge in [0.2, 0.25) is 0 Å². The van der Waals surface area contributed by atoms with Gasteiger partial charge < -0.3 is 15.1 Å². The second-order valence-corrected chi connectivity index (χ2v) is 5.20. The molecule has 0 bridgehead atoms. The Morgan fingerprint density at radius 3 is 2.75 bits per heavy atom. The SMILES string of the molecule is CCCC1(C(=O)O)CCCN1C(=O)c1cccc(O)c1. The summed E-state index contributed by atoms with van der Waals surface area (Å²) in [5.74, 6) is -1.26. The summed E-state index contributed by atoms with van der Waals surface area (Å²) in [5.41, 5.74) is -0.772. The van der Waals surface area contributed by atoms with Gasteiger partial charge in [0.05, 0.1) is 0 Å². The molecule has 2 N–H and O–H groups in total. The monoisotopic (exact) mass is 277 g/mol. The van der Waals surface area contributed by atoms with E-state index in [9.17, 15) is 19.8 Å². The first-order chi connectivity index (χ1) is 9.51. The van der Waals surface area contributed by atoms with Crippen LogP contribution in [0.3, 0.4) is 0 Å². The molecule has 1 saturated heterocycles. The molecule has 1 aromatic rings. The number of hydrogen-bond donors (Lipinski definition) is 2. The fourth-order valence-electron chi connectivity index (χ4n) is 2.97. The average Bonchev–Trinajstić information content (AvgIpc) is 2.83. The summed E-state index contributed by atoms with van der Waals surface area (Å²) in [6.45, 7) is 2.36. The fourth-order valence-corrected chi connectivity index (χ4v) is 2.97. The Kier molecular flexibility index (Phi) is 3.97. The van der Waals surface area contributed by atoms with E-state index in [0.29, 0.717) is 37.8 Å². The standard InChI is InChI=1S/C15H19NO4/c1-2-7-15(14(19)20)8-4-9-16(15)13(18)11-5-3-6-12(17)10-11/h3,5-6,10,17H,2,4,7-9H2,1H3,(H,19,20). The predicted octanol–water partition coefficient (Wildman–Crippen LogP) is 2.25. The zero-order valence-electron chi connectivity index (χ0n) is 11.5. The summed E-state index contributed by atoms with van der Waals surface area (Å²) in [6.07, 6.45) is 2.33. The van der Waals surface area contributed by atoms with Gasteiger partial charge >= 0.3 is 5.97 Å².